The summed E-state index contributed by atoms with van der Waals surface area (Å²) in [6.45, 7) is 7.71. The molecule has 1 rings (SSSR count). The van der Waals surface area contributed by atoms with Gasteiger partial charge in [-0.3, -0.25) is 0 Å². The van der Waals surface area contributed by atoms with Crippen molar-refractivity contribution < 1.29 is 0 Å². The molecule has 0 fully saturated rings. The molecule has 1 N–H and O–H groups in total. The Labute approximate surface area is 91.2 Å². The van der Waals surface area contributed by atoms with E-state index >= 15 is 0 Å². The Kier molecular flexibility index (Phi) is 4.59. The molecule has 78 valence electrons. The van der Waals surface area contributed by atoms with Gasteiger partial charge in [0, 0.05) is 13.1 Å². The van der Waals surface area contributed by atoms with Crippen molar-refractivity contribution in [3.05, 3.63) is 47.5 Å². The molecule has 1 aromatic carbocycles. The van der Waals surface area contributed by atoms with Gasteiger partial charge in [0.2, 0.25) is 0 Å². The lowest BCUT2D eigenvalue weighted by molar-refractivity contribution is 0.727. The number of benzene rings is 1. The van der Waals surface area contributed by atoms with Crippen LogP contribution in [0.15, 0.2) is 36.4 Å². The maximum absolute atomic E-state index is 8.63. The molecular formula is C13H16N2. The van der Waals surface area contributed by atoms with Crippen molar-refractivity contribution in [3.63, 3.8) is 0 Å². The lowest BCUT2D eigenvalue weighted by Gasteiger charge is -2.05. The molecule has 0 spiro atoms. The van der Waals surface area contributed by atoms with Crippen LogP contribution in [0.2, 0.25) is 0 Å². The molecule has 0 aliphatic heterocycles. The highest BCUT2D eigenvalue weighted by molar-refractivity contribution is 5.31. The first-order valence-electron chi connectivity index (χ1n) is 5.12. The molecule has 0 bridgehead atoms. The van der Waals surface area contributed by atoms with Gasteiger partial charge in [0.15, 0.2) is 0 Å². The average molecular weight is 200 g/mol. The van der Waals surface area contributed by atoms with Crippen LogP contribution < -0.4 is 5.32 Å². The summed E-state index contributed by atoms with van der Waals surface area (Å²) in [6, 6.07) is 9.73. The van der Waals surface area contributed by atoms with Crippen LogP contribution in [0.1, 0.15) is 24.5 Å². The van der Waals surface area contributed by atoms with Gasteiger partial charge in [-0.15, -0.1) is 0 Å². The summed E-state index contributed by atoms with van der Waals surface area (Å²) in [4.78, 5) is 0. The van der Waals surface area contributed by atoms with E-state index in [2.05, 4.69) is 24.9 Å². The maximum Gasteiger partial charge on any atom is 0.0991 e. The predicted octanol–water partition coefficient (Wildman–Crippen LogP) is 2.61. The minimum Gasteiger partial charge on any atom is -0.309 e. The van der Waals surface area contributed by atoms with Crippen LogP contribution in [0, 0.1) is 11.3 Å². The number of nitrogens with one attached hydrogen (secondary N) is 1. The first kappa shape index (κ1) is 11.5. The van der Waals surface area contributed by atoms with Gasteiger partial charge in [0.1, 0.15) is 0 Å². The molecule has 0 atom stereocenters. The molecule has 0 aliphatic rings. The fraction of sp³-hybridized carbons (Fsp3) is 0.308. The lowest BCUT2D eigenvalue weighted by atomic mass is 10.1. The van der Waals surface area contributed by atoms with Crippen LogP contribution in [0.4, 0.5) is 0 Å². The standard InChI is InChI=1S/C13H16N2/c1-3-11(2)9-15-10-13-6-4-12(8-14)5-7-13/h4-7,15H,2-3,9-10H2,1H3. The molecule has 0 heterocycles. The Morgan fingerprint density at radius 2 is 2.07 bits per heavy atom. The summed E-state index contributed by atoms with van der Waals surface area (Å²) in [5, 5.41) is 11.9. The van der Waals surface area contributed by atoms with Gasteiger partial charge in [0.05, 0.1) is 11.6 Å². The van der Waals surface area contributed by atoms with Crippen LogP contribution >= 0.6 is 0 Å². The van der Waals surface area contributed by atoms with Crippen LogP contribution in [-0.2, 0) is 6.54 Å². The number of rotatable bonds is 5. The van der Waals surface area contributed by atoms with Crippen molar-refractivity contribution in [2.24, 2.45) is 0 Å². The number of nitriles is 1. The minimum atomic E-state index is 0.705. The van der Waals surface area contributed by atoms with Gasteiger partial charge in [-0.25, -0.2) is 0 Å². The third kappa shape index (κ3) is 3.97. The molecule has 0 aliphatic carbocycles. The van der Waals surface area contributed by atoms with Gasteiger partial charge in [0.25, 0.3) is 0 Å². The first-order valence-corrected chi connectivity index (χ1v) is 5.12. The van der Waals surface area contributed by atoms with E-state index in [-0.39, 0.29) is 0 Å². The zero-order valence-corrected chi connectivity index (χ0v) is 9.09. The van der Waals surface area contributed by atoms with Gasteiger partial charge in [-0.1, -0.05) is 31.2 Å². The molecule has 0 saturated heterocycles. The van der Waals surface area contributed by atoms with Gasteiger partial charge < -0.3 is 5.32 Å². The molecule has 1 aromatic rings. The van der Waals surface area contributed by atoms with Gasteiger partial charge in [-0.2, -0.15) is 5.26 Å². The number of nitrogens with zero attached hydrogens (tertiary/aromatic N) is 1. The van der Waals surface area contributed by atoms with Crippen LogP contribution in [-0.4, -0.2) is 6.54 Å². The zero-order chi connectivity index (χ0) is 11.1. The Balaban J connectivity index is 2.38. The van der Waals surface area contributed by atoms with E-state index in [4.69, 9.17) is 5.26 Å². The molecule has 0 aromatic heterocycles. The minimum absolute atomic E-state index is 0.705. The Morgan fingerprint density at radius 3 is 2.60 bits per heavy atom. The smallest absolute Gasteiger partial charge is 0.0991 e. The average Bonchev–Trinajstić information content (AvgIpc) is 2.29. The summed E-state index contributed by atoms with van der Waals surface area (Å²) in [5.41, 5.74) is 3.11. The third-order valence-electron chi connectivity index (χ3n) is 2.29. The van der Waals surface area contributed by atoms with Crippen molar-refractivity contribution in [1.29, 1.82) is 5.26 Å². The SMILES string of the molecule is C=C(CC)CNCc1ccc(C#N)cc1. The largest absolute Gasteiger partial charge is 0.309 e. The van der Waals surface area contributed by atoms with Crippen molar-refractivity contribution in [1.82, 2.24) is 5.32 Å². The zero-order valence-electron chi connectivity index (χ0n) is 9.09. The molecule has 0 radical (unpaired) electrons. The second kappa shape index (κ2) is 6.00. The first-order chi connectivity index (χ1) is 7.26. The van der Waals surface area contributed by atoms with E-state index < -0.39 is 0 Å². The lowest BCUT2D eigenvalue weighted by Crippen LogP contribution is -2.15. The topological polar surface area (TPSA) is 35.8 Å². The van der Waals surface area contributed by atoms with Crippen molar-refractivity contribution in [3.8, 4) is 6.07 Å². The van der Waals surface area contributed by atoms with Crippen LogP contribution in [0.3, 0.4) is 0 Å². The van der Waals surface area contributed by atoms with E-state index in [9.17, 15) is 0 Å². The summed E-state index contributed by atoms with van der Waals surface area (Å²) in [6.07, 6.45) is 1.01. The molecule has 2 nitrogen and oxygen atoms in total. The van der Waals surface area contributed by atoms with Crippen molar-refractivity contribution >= 4 is 0 Å². The second-order valence-corrected chi connectivity index (χ2v) is 3.52. The summed E-state index contributed by atoms with van der Waals surface area (Å²) < 4.78 is 0. The summed E-state index contributed by atoms with van der Waals surface area (Å²) >= 11 is 0. The van der Waals surface area contributed by atoms with Crippen molar-refractivity contribution in [2.45, 2.75) is 19.9 Å². The van der Waals surface area contributed by atoms with E-state index in [0.717, 1.165) is 19.5 Å². The Hall–Kier alpha value is -1.59. The van der Waals surface area contributed by atoms with Gasteiger partial charge in [-0.05, 0) is 24.1 Å². The quantitative estimate of drug-likeness (QED) is 0.742. The summed E-state index contributed by atoms with van der Waals surface area (Å²) in [5.74, 6) is 0. The highest BCUT2D eigenvalue weighted by Gasteiger charge is 1.94. The van der Waals surface area contributed by atoms with Crippen molar-refractivity contribution in [2.75, 3.05) is 6.54 Å². The highest BCUT2D eigenvalue weighted by Crippen LogP contribution is 2.03. The highest BCUT2D eigenvalue weighted by atomic mass is 14.8. The number of hydrogen-bond donors (Lipinski definition) is 1. The fourth-order valence-corrected chi connectivity index (χ4v) is 1.21. The second-order valence-electron chi connectivity index (χ2n) is 3.52. The van der Waals surface area contributed by atoms with Crippen LogP contribution in [0.5, 0.6) is 0 Å². The van der Waals surface area contributed by atoms with E-state index in [1.54, 1.807) is 0 Å². The molecule has 15 heavy (non-hydrogen) atoms. The summed E-state index contributed by atoms with van der Waals surface area (Å²) in [7, 11) is 0. The maximum atomic E-state index is 8.63. The number of hydrogen-bond acceptors (Lipinski definition) is 2. The van der Waals surface area contributed by atoms with E-state index in [0.29, 0.717) is 5.56 Å². The molecule has 0 saturated carbocycles. The van der Waals surface area contributed by atoms with Crippen LogP contribution in [0.25, 0.3) is 0 Å². The monoisotopic (exact) mass is 200 g/mol. The van der Waals surface area contributed by atoms with Gasteiger partial charge >= 0.3 is 0 Å². The normalized spacial score (nSPS) is 9.60. The predicted molar refractivity (Wildman–Crippen MR) is 62.3 cm³/mol. The molecular weight excluding hydrogens is 184 g/mol. The third-order valence-corrected chi connectivity index (χ3v) is 2.29. The Morgan fingerprint density at radius 1 is 1.40 bits per heavy atom. The van der Waals surface area contributed by atoms with E-state index in [1.807, 2.05) is 24.3 Å². The molecule has 0 amide bonds. The molecule has 2 heteroatoms. The molecule has 0 unspecified atom stereocenters. The Bertz CT molecular complexity index is 357. The van der Waals surface area contributed by atoms with E-state index in [1.165, 1.54) is 11.1 Å². The fourth-order valence-electron chi connectivity index (χ4n) is 1.21.